The Morgan fingerprint density at radius 3 is 2.11 bits per heavy atom. The molecule has 180 valence electrons. The molecule has 0 fully saturated rings. The van der Waals surface area contributed by atoms with Crippen molar-refractivity contribution in [1.29, 1.82) is 0 Å². The van der Waals surface area contributed by atoms with Crippen molar-refractivity contribution < 1.29 is 29.3 Å². The average Bonchev–Trinajstić information content (AvgIpc) is 3.19. The fraction of sp³-hybridized carbons (Fsp3) is 0.222. The number of carbonyl (C=O) groups excluding carboxylic acids is 2. The zero-order chi connectivity index (χ0) is 24.8. The molecule has 1 unspecified atom stereocenters. The summed E-state index contributed by atoms with van der Waals surface area (Å²) in [6.07, 6.45) is -0.341. The first-order valence-electron chi connectivity index (χ1n) is 11.3. The molecule has 0 aliphatic heterocycles. The molecule has 0 spiro atoms. The molecular formula is C27H26N2O6. The van der Waals surface area contributed by atoms with Crippen LogP contribution in [0, 0.1) is 0 Å². The van der Waals surface area contributed by atoms with Gasteiger partial charge in [0.2, 0.25) is 5.91 Å². The van der Waals surface area contributed by atoms with Gasteiger partial charge in [-0.2, -0.15) is 0 Å². The topological polar surface area (TPSA) is 125 Å². The molecule has 2 amide bonds. The van der Waals surface area contributed by atoms with Gasteiger partial charge in [0.1, 0.15) is 12.6 Å². The third-order valence-electron chi connectivity index (χ3n) is 6.04. The van der Waals surface area contributed by atoms with Gasteiger partial charge in [0.25, 0.3) is 0 Å². The van der Waals surface area contributed by atoms with E-state index in [1.807, 2.05) is 36.4 Å². The molecular weight excluding hydrogens is 448 g/mol. The zero-order valence-electron chi connectivity index (χ0n) is 18.9. The summed E-state index contributed by atoms with van der Waals surface area (Å²) in [4.78, 5) is 35.7. The van der Waals surface area contributed by atoms with Crippen LogP contribution in [0.5, 0.6) is 0 Å². The van der Waals surface area contributed by atoms with Gasteiger partial charge >= 0.3 is 12.1 Å². The van der Waals surface area contributed by atoms with Crippen molar-refractivity contribution in [2.75, 3.05) is 18.5 Å². The molecule has 0 saturated heterocycles. The SMILES string of the molecule is O=C(CCc1ccccc1NC(=O)OCC1c2ccccc2-c2ccccc21)NC(CO)C(=O)O. The molecule has 1 aliphatic rings. The second kappa shape index (κ2) is 10.8. The standard InChI is InChI=1S/C27H26N2O6/c30-15-24(26(32)33)28-25(31)14-13-17-7-1-6-12-23(17)29-27(34)35-16-22-20-10-4-2-8-18(20)19-9-3-5-11-21(19)22/h1-12,22,24,30H,13-16H2,(H,28,31)(H,29,34)(H,32,33). The molecule has 1 aliphatic carbocycles. The Morgan fingerprint density at radius 2 is 1.49 bits per heavy atom. The molecule has 4 rings (SSSR count). The number of carboxylic acid groups (broad SMARTS) is 1. The van der Waals surface area contributed by atoms with E-state index in [9.17, 15) is 14.4 Å². The first kappa shape index (κ1) is 24.0. The van der Waals surface area contributed by atoms with E-state index in [-0.39, 0.29) is 25.4 Å². The van der Waals surface area contributed by atoms with Gasteiger partial charge < -0.3 is 20.3 Å². The summed E-state index contributed by atoms with van der Waals surface area (Å²) in [6.45, 7) is -0.511. The van der Waals surface area contributed by atoms with Gasteiger partial charge in [0, 0.05) is 18.0 Å². The molecule has 35 heavy (non-hydrogen) atoms. The Labute approximate surface area is 202 Å². The molecule has 1 atom stereocenters. The van der Waals surface area contributed by atoms with E-state index in [4.69, 9.17) is 14.9 Å². The lowest BCUT2D eigenvalue weighted by atomic mass is 9.98. The molecule has 0 aromatic heterocycles. The highest BCUT2D eigenvalue weighted by Gasteiger charge is 2.29. The quantitative estimate of drug-likeness (QED) is 0.376. The van der Waals surface area contributed by atoms with E-state index in [0.717, 1.165) is 22.3 Å². The van der Waals surface area contributed by atoms with Crippen molar-refractivity contribution in [3.63, 3.8) is 0 Å². The Kier molecular flexibility index (Phi) is 7.42. The lowest BCUT2D eigenvalue weighted by Gasteiger charge is -2.16. The number of benzene rings is 3. The van der Waals surface area contributed by atoms with Crippen molar-refractivity contribution >= 4 is 23.7 Å². The first-order valence-corrected chi connectivity index (χ1v) is 11.3. The second-order valence-corrected chi connectivity index (χ2v) is 8.25. The maximum atomic E-state index is 12.6. The van der Waals surface area contributed by atoms with Crippen molar-refractivity contribution in [1.82, 2.24) is 5.32 Å². The van der Waals surface area contributed by atoms with Gasteiger partial charge in [0.05, 0.1) is 6.61 Å². The highest BCUT2D eigenvalue weighted by atomic mass is 16.5. The van der Waals surface area contributed by atoms with Crippen molar-refractivity contribution in [2.45, 2.75) is 24.8 Å². The number of ether oxygens (including phenoxy) is 1. The fourth-order valence-corrected chi connectivity index (χ4v) is 4.30. The number of hydrogen-bond acceptors (Lipinski definition) is 5. The summed E-state index contributed by atoms with van der Waals surface area (Å²) in [5.74, 6) is -1.87. The smallest absolute Gasteiger partial charge is 0.411 e. The number of aliphatic carboxylic acids is 1. The number of fused-ring (bicyclic) bond motifs is 3. The maximum absolute atomic E-state index is 12.6. The predicted molar refractivity (Wildman–Crippen MR) is 130 cm³/mol. The molecule has 0 radical (unpaired) electrons. The van der Waals surface area contributed by atoms with Crippen LogP contribution >= 0.6 is 0 Å². The molecule has 4 N–H and O–H groups in total. The summed E-state index contributed by atoms with van der Waals surface area (Å²) >= 11 is 0. The number of anilines is 1. The van der Waals surface area contributed by atoms with Crippen LogP contribution in [-0.4, -0.2) is 47.4 Å². The minimum atomic E-state index is -1.35. The lowest BCUT2D eigenvalue weighted by Crippen LogP contribution is -2.43. The molecule has 0 saturated carbocycles. The van der Waals surface area contributed by atoms with Crippen LogP contribution in [0.3, 0.4) is 0 Å². The summed E-state index contributed by atoms with van der Waals surface area (Å²) in [6, 6.07) is 21.8. The summed E-state index contributed by atoms with van der Waals surface area (Å²) in [7, 11) is 0. The van der Waals surface area contributed by atoms with Gasteiger partial charge in [-0.15, -0.1) is 0 Å². The molecule has 8 heteroatoms. The number of amides is 2. The number of aryl methyl sites for hydroxylation is 1. The van der Waals surface area contributed by atoms with Crippen LogP contribution in [0.2, 0.25) is 0 Å². The van der Waals surface area contributed by atoms with E-state index in [2.05, 4.69) is 22.8 Å². The number of hydrogen-bond donors (Lipinski definition) is 4. The average molecular weight is 475 g/mol. The van der Waals surface area contributed by atoms with Crippen molar-refractivity contribution in [2.24, 2.45) is 0 Å². The second-order valence-electron chi connectivity index (χ2n) is 8.25. The van der Waals surface area contributed by atoms with E-state index >= 15 is 0 Å². The monoisotopic (exact) mass is 474 g/mol. The van der Waals surface area contributed by atoms with E-state index in [1.54, 1.807) is 24.3 Å². The van der Waals surface area contributed by atoms with E-state index < -0.39 is 30.6 Å². The third-order valence-corrected chi connectivity index (χ3v) is 6.04. The number of aliphatic hydroxyl groups is 1. The van der Waals surface area contributed by atoms with Gasteiger partial charge in [0.15, 0.2) is 0 Å². The third kappa shape index (κ3) is 5.50. The minimum Gasteiger partial charge on any atom is -0.480 e. The normalized spacial score (nSPS) is 12.8. The van der Waals surface area contributed by atoms with Crippen LogP contribution in [-0.2, 0) is 20.7 Å². The Bertz CT molecular complexity index is 1200. The molecule has 3 aromatic rings. The van der Waals surface area contributed by atoms with Crippen molar-refractivity contribution in [3.8, 4) is 11.1 Å². The van der Waals surface area contributed by atoms with Gasteiger partial charge in [-0.3, -0.25) is 10.1 Å². The number of carbonyl (C=O) groups is 3. The highest BCUT2D eigenvalue weighted by molar-refractivity contribution is 5.87. The van der Waals surface area contributed by atoms with Crippen LogP contribution in [0.4, 0.5) is 10.5 Å². The Balaban J connectivity index is 1.37. The van der Waals surface area contributed by atoms with Crippen LogP contribution < -0.4 is 10.6 Å². The van der Waals surface area contributed by atoms with Gasteiger partial charge in [-0.05, 0) is 40.3 Å². The Hall–Kier alpha value is -4.17. The fourth-order valence-electron chi connectivity index (χ4n) is 4.30. The number of nitrogens with one attached hydrogen (secondary N) is 2. The lowest BCUT2D eigenvalue weighted by molar-refractivity contribution is -0.142. The summed E-state index contributed by atoms with van der Waals surface area (Å²) in [5, 5.41) is 23.0. The largest absolute Gasteiger partial charge is 0.480 e. The predicted octanol–water partition coefficient (Wildman–Crippen LogP) is 3.54. The molecule has 3 aromatic carbocycles. The highest BCUT2D eigenvalue weighted by Crippen LogP contribution is 2.44. The summed E-state index contributed by atoms with van der Waals surface area (Å²) < 4.78 is 5.60. The Morgan fingerprint density at radius 1 is 0.886 bits per heavy atom. The van der Waals surface area contributed by atoms with Crippen molar-refractivity contribution in [3.05, 3.63) is 89.5 Å². The van der Waals surface area contributed by atoms with E-state index in [0.29, 0.717) is 11.3 Å². The molecule has 0 bridgehead atoms. The minimum absolute atomic E-state index is 0.00678. The van der Waals surface area contributed by atoms with Crippen LogP contribution in [0.15, 0.2) is 72.8 Å². The number of rotatable bonds is 9. The number of aliphatic hydroxyl groups excluding tert-OH is 1. The van der Waals surface area contributed by atoms with E-state index in [1.165, 1.54) is 0 Å². The summed E-state index contributed by atoms with van der Waals surface area (Å²) in [5.41, 5.74) is 5.74. The number of para-hydroxylation sites is 1. The van der Waals surface area contributed by atoms with Crippen LogP contribution in [0.25, 0.3) is 11.1 Å². The van der Waals surface area contributed by atoms with Gasteiger partial charge in [-0.1, -0.05) is 66.7 Å². The zero-order valence-corrected chi connectivity index (χ0v) is 18.9. The number of carboxylic acids is 1. The first-order chi connectivity index (χ1) is 17.0. The van der Waals surface area contributed by atoms with Crippen LogP contribution in [0.1, 0.15) is 29.0 Å². The van der Waals surface area contributed by atoms with Gasteiger partial charge in [-0.25, -0.2) is 9.59 Å². The molecule has 0 heterocycles. The molecule has 8 nitrogen and oxygen atoms in total. The maximum Gasteiger partial charge on any atom is 0.411 e.